The van der Waals surface area contributed by atoms with E-state index >= 15 is 0 Å². The van der Waals surface area contributed by atoms with Crippen LogP contribution < -0.4 is 15.4 Å². The Kier molecular flexibility index (Phi) is 6.84. The normalized spacial score (nSPS) is 18.5. The van der Waals surface area contributed by atoms with Gasteiger partial charge in [-0.15, -0.1) is 0 Å². The SMILES string of the molecule is O=C(CNC(=O)c1ccc(Oc2ccccc2)cc1)NC1CCC(C(=O)O)CC1. The molecule has 0 unspecified atom stereocenters. The summed E-state index contributed by atoms with van der Waals surface area (Å²) in [6, 6.07) is 16.0. The Morgan fingerprint density at radius 2 is 1.52 bits per heavy atom. The first-order valence-electron chi connectivity index (χ1n) is 9.64. The second-order valence-corrected chi connectivity index (χ2v) is 7.08. The van der Waals surface area contributed by atoms with Gasteiger partial charge in [0.05, 0.1) is 12.5 Å². The molecule has 0 radical (unpaired) electrons. The zero-order chi connectivity index (χ0) is 20.6. The molecule has 1 aliphatic carbocycles. The number of ether oxygens (including phenoxy) is 1. The van der Waals surface area contributed by atoms with E-state index in [1.807, 2.05) is 30.3 Å². The van der Waals surface area contributed by atoms with Crippen LogP contribution in [0.25, 0.3) is 0 Å². The molecule has 0 heterocycles. The van der Waals surface area contributed by atoms with Crippen molar-refractivity contribution in [2.24, 2.45) is 5.92 Å². The fraction of sp³-hybridized carbons (Fsp3) is 0.318. The Bertz CT molecular complexity index is 843. The lowest BCUT2D eigenvalue weighted by molar-refractivity contribution is -0.142. The summed E-state index contributed by atoms with van der Waals surface area (Å²) in [6.45, 7) is -0.125. The van der Waals surface area contributed by atoms with Crippen molar-refractivity contribution in [3.8, 4) is 11.5 Å². The minimum atomic E-state index is -0.776. The lowest BCUT2D eigenvalue weighted by Crippen LogP contribution is -2.43. The predicted molar refractivity (Wildman–Crippen MR) is 107 cm³/mol. The number of carbonyl (C=O) groups excluding carboxylic acids is 2. The maximum Gasteiger partial charge on any atom is 0.306 e. The van der Waals surface area contributed by atoms with Crippen molar-refractivity contribution in [1.29, 1.82) is 0 Å². The molecule has 1 aliphatic rings. The Balaban J connectivity index is 1.42. The van der Waals surface area contributed by atoms with Gasteiger partial charge in [-0.2, -0.15) is 0 Å². The number of aliphatic carboxylic acids is 1. The van der Waals surface area contributed by atoms with Crippen LogP contribution in [-0.2, 0) is 9.59 Å². The molecule has 0 bridgehead atoms. The molecule has 0 spiro atoms. The van der Waals surface area contributed by atoms with Crippen molar-refractivity contribution in [3.05, 3.63) is 60.2 Å². The highest BCUT2D eigenvalue weighted by atomic mass is 16.5. The largest absolute Gasteiger partial charge is 0.481 e. The molecule has 7 nitrogen and oxygen atoms in total. The maximum atomic E-state index is 12.2. The van der Waals surface area contributed by atoms with Gasteiger partial charge in [0.25, 0.3) is 5.91 Å². The summed E-state index contributed by atoms with van der Waals surface area (Å²) < 4.78 is 5.69. The Labute approximate surface area is 169 Å². The molecule has 2 aromatic carbocycles. The summed E-state index contributed by atoms with van der Waals surface area (Å²) >= 11 is 0. The molecular weight excluding hydrogens is 372 g/mol. The minimum absolute atomic E-state index is 0.0376. The van der Waals surface area contributed by atoms with Gasteiger partial charge in [0.2, 0.25) is 5.91 Å². The van der Waals surface area contributed by atoms with Crippen LogP contribution >= 0.6 is 0 Å². The molecule has 0 aromatic heterocycles. The van der Waals surface area contributed by atoms with Gasteiger partial charge in [-0.1, -0.05) is 18.2 Å². The summed E-state index contributed by atoms with van der Waals surface area (Å²) in [6.07, 6.45) is 2.40. The second-order valence-electron chi connectivity index (χ2n) is 7.08. The van der Waals surface area contributed by atoms with Crippen molar-refractivity contribution in [2.45, 2.75) is 31.7 Å². The molecule has 0 aliphatic heterocycles. The van der Waals surface area contributed by atoms with E-state index in [2.05, 4.69) is 10.6 Å². The number of carboxylic acid groups (broad SMARTS) is 1. The first-order valence-corrected chi connectivity index (χ1v) is 9.64. The van der Waals surface area contributed by atoms with Crippen LogP contribution in [0.5, 0.6) is 11.5 Å². The molecule has 29 heavy (non-hydrogen) atoms. The fourth-order valence-electron chi connectivity index (χ4n) is 3.32. The molecule has 1 saturated carbocycles. The van der Waals surface area contributed by atoms with Gasteiger partial charge in [0.15, 0.2) is 0 Å². The highest BCUT2D eigenvalue weighted by Gasteiger charge is 2.26. The number of carboxylic acids is 1. The van der Waals surface area contributed by atoms with E-state index in [-0.39, 0.29) is 30.3 Å². The van der Waals surface area contributed by atoms with Gasteiger partial charge in [-0.25, -0.2) is 0 Å². The number of benzene rings is 2. The molecule has 0 saturated heterocycles. The average molecular weight is 396 g/mol. The van der Waals surface area contributed by atoms with Crippen LogP contribution in [0, 0.1) is 5.92 Å². The van der Waals surface area contributed by atoms with Crippen LogP contribution in [0.1, 0.15) is 36.0 Å². The number of nitrogens with one attached hydrogen (secondary N) is 2. The zero-order valence-electron chi connectivity index (χ0n) is 16.0. The Morgan fingerprint density at radius 3 is 2.14 bits per heavy atom. The number of para-hydroxylation sites is 1. The summed E-state index contributed by atoms with van der Waals surface area (Å²) in [5, 5.41) is 14.5. The summed E-state index contributed by atoms with van der Waals surface area (Å²) in [5.74, 6) is -0.401. The molecule has 0 atom stereocenters. The highest BCUT2D eigenvalue weighted by molar-refractivity contribution is 5.96. The quantitative estimate of drug-likeness (QED) is 0.667. The second kappa shape index (κ2) is 9.73. The van der Waals surface area contributed by atoms with E-state index in [0.717, 1.165) is 0 Å². The first kappa shape index (κ1) is 20.4. The molecule has 3 N–H and O–H groups in total. The van der Waals surface area contributed by atoms with Gasteiger partial charge in [0, 0.05) is 11.6 Å². The lowest BCUT2D eigenvalue weighted by Gasteiger charge is -2.26. The molecule has 2 aromatic rings. The summed E-state index contributed by atoms with van der Waals surface area (Å²) in [7, 11) is 0. The van der Waals surface area contributed by atoms with Crippen molar-refractivity contribution in [1.82, 2.24) is 10.6 Å². The van der Waals surface area contributed by atoms with Gasteiger partial charge in [-0.05, 0) is 62.1 Å². The van der Waals surface area contributed by atoms with Crippen LogP contribution in [0.2, 0.25) is 0 Å². The van der Waals surface area contributed by atoms with Crippen LogP contribution in [-0.4, -0.2) is 35.5 Å². The summed E-state index contributed by atoms with van der Waals surface area (Å²) in [5.41, 5.74) is 0.431. The van der Waals surface area contributed by atoms with Gasteiger partial charge in [0.1, 0.15) is 11.5 Å². The van der Waals surface area contributed by atoms with Gasteiger partial charge >= 0.3 is 5.97 Å². The van der Waals surface area contributed by atoms with Crippen molar-refractivity contribution >= 4 is 17.8 Å². The van der Waals surface area contributed by atoms with E-state index in [0.29, 0.717) is 42.7 Å². The van der Waals surface area contributed by atoms with E-state index in [4.69, 9.17) is 9.84 Å². The standard InChI is InChI=1S/C22H24N2O5/c25-20(24-17-10-6-16(7-11-17)22(27)28)14-23-21(26)15-8-12-19(13-9-15)29-18-4-2-1-3-5-18/h1-5,8-9,12-13,16-17H,6-7,10-11,14H2,(H,23,26)(H,24,25)(H,27,28). The topological polar surface area (TPSA) is 105 Å². The predicted octanol–water partition coefficient (Wildman–Crippen LogP) is 2.97. The monoisotopic (exact) mass is 396 g/mol. The number of rotatable bonds is 7. The third kappa shape index (κ3) is 6.07. The van der Waals surface area contributed by atoms with Crippen molar-refractivity contribution in [2.75, 3.05) is 6.54 Å². The number of carbonyl (C=O) groups is 3. The van der Waals surface area contributed by atoms with Crippen LogP contribution in [0.15, 0.2) is 54.6 Å². The van der Waals surface area contributed by atoms with E-state index in [1.165, 1.54) is 0 Å². The number of hydrogen-bond acceptors (Lipinski definition) is 4. The highest BCUT2D eigenvalue weighted by Crippen LogP contribution is 2.24. The maximum absolute atomic E-state index is 12.2. The van der Waals surface area contributed by atoms with Crippen LogP contribution in [0.4, 0.5) is 0 Å². The molecule has 2 amide bonds. The average Bonchev–Trinajstić information content (AvgIpc) is 2.74. The molecule has 1 fully saturated rings. The number of amides is 2. The third-order valence-corrected chi connectivity index (χ3v) is 4.95. The summed E-state index contributed by atoms with van der Waals surface area (Å²) in [4.78, 5) is 35.3. The molecule has 7 heteroatoms. The third-order valence-electron chi connectivity index (χ3n) is 4.95. The van der Waals surface area contributed by atoms with Crippen molar-refractivity contribution < 1.29 is 24.2 Å². The Hall–Kier alpha value is -3.35. The van der Waals surface area contributed by atoms with Crippen molar-refractivity contribution in [3.63, 3.8) is 0 Å². The Morgan fingerprint density at radius 1 is 0.897 bits per heavy atom. The molecule has 3 rings (SSSR count). The first-order chi connectivity index (χ1) is 14.0. The molecule has 152 valence electrons. The smallest absolute Gasteiger partial charge is 0.306 e. The van der Waals surface area contributed by atoms with Gasteiger partial charge in [-0.3, -0.25) is 14.4 Å². The zero-order valence-corrected chi connectivity index (χ0v) is 16.0. The van der Waals surface area contributed by atoms with E-state index < -0.39 is 5.97 Å². The van der Waals surface area contributed by atoms with Crippen LogP contribution in [0.3, 0.4) is 0 Å². The minimum Gasteiger partial charge on any atom is -0.481 e. The number of hydrogen-bond donors (Lipinski definition) is 3. The van der Waals surface area contributed by atoms with E-state index in [9.17, 15) is 14.4 Å². The van der Waals surface area contributed by atoms with E-state index in [1.54, 1.807) is 24.3 Å². The van der Waals surface area contributed by atoms with Gasteiger partial charge < -0.3 is 20.5 Å². The molecular formula is C22H24N2O5. The lowest BCUT2D eigenvalue weighted by atomic mass is 9.86. The fourth-order valence-corrected chi connectivity index (χ4v) is 3.32.